The molecule has 0 radical (unpaired) electrons. The molecule has 1 aromatic heterocycles. The second-order valence-corrected chi connectivity index (χ2v) is 15.1. The Balaban J connectivity index is 1.82. The summed E-state index contributed by atoms with van der Waals surface area (Å²) in [6, 6.07) is 9.57. The third kappa shape index (κ3) is 3.93. The minimum Gasteiger partial charge on any atom is -0.399 e. The molecule has 2 aromatic rings. The van der Waals surface area contributed by atoms with Gasteiger partial charge in [-0.3, -0.25) is 0 Å². The van der Waals surface area contributed by atoms with Crippen molar-refractivity contribution in [2.24, 2.45) is 0 Å². The van der Waals surface area contributed by atoms with Gasteiger partial charge in [0.1, 0.15) is 6.73 Å². The maximum absolute atomic E-state index is 6.27. The molecule has 0 amide bonds. The second kappa shape index (κ2) is 6.82. The lowest BCUT2D eigenvalue weighted by Crippen LogP contribution is -2.41. The van der Waals surface area contributed by atoms with E-state index in [1.807, 2.05) is 0 Å². The molecule has 4 nitrogen and oxygen atoms in total. The molecule has 1 aliphatic rings. The van der Waals surface area contributed by atoms with Gasteiger partial charge < -0.3 is 18.6 Å². The van der Waals surface area contributed by atoms with Crippen molar-refractivity contribution in [1.82, 2.24) is 4.57 Å². The molecule has 1 saturated heterocycles. The molecule has 0 bridgehead atoms. The van der Waals surface area contributed by atoms with Crippen LogP contribution in [0.25, 0.3) is 10.9 Å². The van der Waals surface area contributed by atoms with Crippen molar-refractivity contribution in [2.75, 3.05) is 6.61 Å². The monoisotopic (exact) mass is 373 g/mol. The van der Waals surface area contributed by atoms with Gasteiger partial charge >= 0.3 is 7.12 Å². The topological polar surface area (TPSA) is 32.6 Å². The molecule has 26 heavy (non-hydrogen) atoms. The standard InChI is InChI=1S/C20H32BNO3Si/c1-19(2)20(3,4)25-21(24-19)17-14-22(15-23-12-13-26(5,6)7)18-11-9-8-10-16(17)18/h8-11,14H,12-13,15H2,1-7H3. The number of ether oxygens (including phenoxy) is 1. The van der Waals surface area contributed by atoms with E-state index >= 15 is 0 Å². The number of nitrogens with zero attached hydrogens (tertiary/aromatic N) is 1. The molecule has 0 atom stereocenters. The first-order valence-corrected chi connectivity index (χ1v) is 13.2. The Labute approximate surface area is 159 Å². The number of rotatable bonds is 6. The lowest BCUT2D eigenvalue weighted by atomic mass is 9.79. The van der Waals surface area contributed by atoms with Gasteiger partial charge in [0.15, 0.2) is 0 Å². The maximum atomic E-state index is 6.27. The normalized spacial score (nSPS) is 19.4. The number of hydrogen-bond donors (Lipinski definition) is 0. The van der Waals surface area contributed by atoms with E-state index in [0.29, 0.717) is 6.73 Å². The van der Waals surface area contributed by atoms with Crippen LogP contribution in [-0.4, -0.2) is 37.6 Å². The molecule has 1 aliphatic heterocycles. The summed E-state index contributed by atoms with van der Waals surface area (Å²) < 4.78 is 20.7. The summed E-state index contributed by atoms with van der Waals surface area (Å²) in [7, 11) is -1.43. The van der Waals surface area contributed by atoms with Crippen molar-refractivity contribution in [2.45, 2.75) is 71.3 Å². The average molecular weight is 373 g/mol. The van der Waals surface area contributed by atoms with Crippen LogP contribution in [0.2, 0.25) is 25.7 Å². The van der Waals surface area contributed by atoms with Crippen molar-refractivity contribution in [3.63, 3.8) is 0 Å². The highest BCUT2D eigenvalue weighted by atomic mass is 28.3. The Bertz CT molecular complexity index is 763. The molecule has 3 rings (SSSR count). The average Bonchev–Trinajstić information content (AvgIpc) is 2.98. The fourth-order valence-electron chi connectivity index (χ4n) is 3.08. The predicted molar refractivity (Wildman–Crippen MR) is 112 cm³/mol. The molecule has 6 heteroatoms. The quantitative estimate of drug-likeness (QED) is 0.561. The Morgan fingerprint density at radius 3 is 2.27 bits per heavy atom. The van der Waals surface area contributed by atoms with Crippen LogP contribution < -0.4 is 5.46 Å². The zero-order chi connectivity index (χ0) is 19.2. The molecular weight excluding hydrogens is 341 g/mol. The highest BCUT2D eigenvalue weighted by molar-refractivity contribution is 6.76. The van der Waals surface area contributed by atoms with Crippen molar-refractivity contribution in [3.05, 3.63) is 30.5 Å². The Morgan fingerprint density at radius 2 is 1.65 bits per heavy atom. The molecule has 1 fully saturated rings. The molecule has 0 saturated carbocycles. The third-order valence-electron chi connectivity index (χ3n) is 5.55. The van der Waals surface area contributed by atoms with Crippen molar-refractivity contribution in [3.8, 4) is 0 Å². The van der Waals surface area contributed by atoms with E-state index < -0.39 is 8.07 Å². The van der Waals surface area contributed by atoms with Gasteiger partial charge in [0, 0.05) is 31.9 Å². The number of hydrogen-bond acceptors (Lipinski definition) is 3. The highest BCUT2D eigenvalue weighted by Gasteiger charge is 2.52. The third-order valence-corrected chi connectivity index (χ3v) is 7.26. The van der Waals surface area contributed by atoms with Crippen molar-refractivity contribution < 1.29 is 14.0 Å². The fraction of sp³-hybridized carbons (Fsp3) is 0.600. The van der Waals surface area contributed by atoms with Gasteiger partial charge in [-0.1, -0.05) is 37.8 Å². The SMILES string of the molecule is CC1(C)OB(c2cn(COCC[Si](C)(C)C)c3ccccc23)OC1(C)C. The molecule has 0 N–H and O–H groups in total. The van der Waals surface area contributed by atoms with E-state index in [1.54, 1.807) is 0 Å². The summed E-state index contributed by atoms with van der Waals surface area (Å²) in [5, 5.41) is 1.17. The van der Waals surface area contributed by atoms with E-state index in [0.717, 1.165) is 17.6 Å². The summed E-state index contributed by atoms with van der Waals surface area (Å²) in [6.45, 7) is 16.8. The minimum absolute atomic E-state index is 0.339. The van der Waals surface area contributed by atoms with Crippen LogP contribution in [0.5, 0.6) is 0 Å². The summed E-state index contributed by atoms with van der Waals surface area (Å²) in [5.74, 6) is 0. The lowest BCUT2D eigenvalue weighted by Gasteiger charge is -2.32. The molecule has 142 valence electrons. The van der Waals surface area contributed by atoms with Gasteiger partial charge in [0.25, 0.3) is 0 Å². The zero-order valence-electron chi connectivity index (χ0n) is 17.3. The van der Waals surface area contributed by atoms with Crippen LogP contribution in [0.4, 0.5) is 0 Å². The van der Waals surface area contributed by atoms with Gasteiger partial charge in [-0.2, -0.15) is 0 Å². The van der Waals surface area contributed by atoms with Crippen LogP contribution in [0.1, 0.15) is 27.7 Å². The Morgan fingerprint density at radius 1 is 1.04 bits per heavy atom. The number of para-hydroxylation sites is 1. The first-order chi connectivity index (χ1) is 12.0. The van der Waals surface area contributed by atoms with Crippen LogP contribution in [-0.2, 0) is 20.8 Å². The fourth-order valence-corrected chi connectivity index (χ4v) is 3.84. The molecule has 1 aromatic carbocycles. The second-order valence-electron chi connectivity index (χ2n) is 9.51. The van der Waals surface area contributed by atoms with Gasteiger partial charge in [0.2, 0.25) is 0 Å². The molecule has 2 heterocycles. The molecule has 0 spiro atoms. The predicted octanol–water partition coefficient (Wildman–Crippen LogP) is 4.25. The van der Waals surface area contributed by atoms with Crippen LogP contribution in [0.3, 0.4) is 0 Å². The number of benzene rings is 1. The van der Waals surface area contributed by atoms with Crippen molar-refractivity contribution >= 4 is 31.6 Å². The largest absolute Gasteiger partial charge is 0.497 e. The molecule has 0 aliphatic carbocycles. The van der Waals surface area contributed by atoms with E-state index in [9.17, 15) is 0 Å². The van der Waals surface area contributed by atoms with E-state index in [4.69, 9.17) is 14.0 Å². The van der Waals surface area contributed by atoms with E-state index in [2.05, 4.69) is 82.4 Å². The summed E-state index contributed by atoms with van der Waals surface area (Å²) in [4.78, 5) is 0. The van der Waals surface area contributed by atoms with Gasteiger partial charge in [-0.15, -0.1) is 0 Å². The molecular formula is C20H32BNO3Si. The van der Waals surface area contributed by atoms with Gasteiger partial charge in [-0.25, -0.2) is 0 Å². The molecule has 0 unspecified atom stereocenters. The maximum Gasteiger partial charge on any atom is 0.497 e. The first kappa shape index (κ1) is 19.7. The van der Waals surface area contributed by atoms with Crippen LogP contribution >= 0.6 is 0 Å². The summed E-state index contributed by atoms with van der Waals surface area (Å²) >= 11 is 0. The van der Waals surface area contributed by atoms with Gasteiger partial charge in [-0.05, 0) is 45.2 Å². The van der Waals surface area contributed by atoms with Crippen LogP contribution in [0, 0.1) is 0 Å². The summed E-state index contributed by atoms with van der Waals surface area (Å²) in [6.07, 6.45) is 2.13. The van der Waals surface area contributed by atoms with Crippen molar-refractivity contribution in [1.29, 1.82) is 0 Å². The van der Waals surface area contributed by atoms with E-state index in [1.165, 1.54) is 11.4 Å². The lowest BCUT2D eigenvalue weighted by molar-refractivity contribution is 0.00578. The Hall–Kier alpha value is -1.08. The van der Waals surface area contributed by atoms with Crippen LogP contribution in [0.15, 0.2) is 30.5 Å². The first-order valence-electron chi connectivity index (χ1n) is 9.51. The smallest absolute Gasteiger partial charge is 0.399 e. The van der Waals surface area contributed by atoms with E-state index in [-0.39, 0.29) is 18.3 Å². The Kier molecular flexibility index (Phi) is 5.16. The summed E-state index contributed by atoms with van der Waals surface area (Å²) in [5.41, 5.74) is 1.56. The zero-order valence-corrected chi connectivity index (χ0v) is 18.3. The number of aromatic nitrogens is 1. The van der Waals surface area contributed by atoms with Gasteiger partial charge in [0.05, 0.1) is 11.2 Å². The minimum atomic E-state index is -1.07. The number of fused-ring (bicyclic) bond motifs is 1. The highest BCUT2D eigenvalue weighted by Crippen LogP contribution is 2.37.